The normalized spacial score (nSPS) is 14.8. The average molecular weight is 274 g/mol. The van der Waals surface area contributed by atoms with E-state index < -0.39 is 0 Å². The Kier molecular flexibility index (Phi) is 2.96. The van der Waals surface area contributed by atoms with E-state index in [4.69, 9.17) is 5.73 Å². The van der Waals surface area contributed by atoms with E-state index in [1.807, 2.05) is 19.9 Å². The van der Waals surface area contributed by atoms with Gasteiger partial charge in [0.1, 0.15) is 0 Å². The highest BCUT2D eigenvalue weighted by Gasteiger charge is 2.30. The quantitative estimate of drug-likeness (QED) is 0.682. The van der Waals surface area contributed by atoms with Crippen LogP contribution in [0.5, 0.6) is 0 Å². The summed E-state index contributed by atoms with van der Waals surface area (Å²) in [7, 11) is 0. The lowest BCUT2D eigenvalue weighted by Crippen LogP contribution is -2.14. The second-order valence-electron chi connectivity index (χ2n) is 5.49. The van der Waals surface area contributed by atoms with Crippen LogP contribution in [-0.2, 0) is 0 Å². The van der Waals surface area contributed by atoms with Crippen molar-refractivity contribution < 1.29 is 4.79 Å². The number of hydrogen-bond acceptors (Lipinski definition) is 4. The molecule has 106 valence electrons. The number of carbonyl (C=O) groups excluding carboxylic acids is 1. The first-order chi connectivity index (χ1) is 9.56. The SMILES string of the molecule is CC(C)c1cc(NC(=O)c2n[nH]c(C3CC3)c2N)n[nH]1. The van der Waals surface area contributed by atoms with Crippen LogP contribution < -0.4 is 11.1 Å². The van der Waals surface area contributed by atoms with Gasteiger partial charge in [-0.3, -0.25) is 15.0 Å². The number of aromatic nitrogens is 4. The molecule has 0 saturated heterocycles. The number of H-pyrrole nitrogens is 2. The van der Waals surface area contributed by atoms with E-state index >= 15 is 0 Å². The van der Waals surface area contributed by atoms with Crippen molar-refractivity contribution in [2.45, 2.75) is 38.5 Å². The highest BCUT2D eigenvalue weighted by atomic mass is 16.2. The summed E-state index contributed by atoms with van der Waals surface area (Å²) in [5.74, 6) is 0.897. The number of amides is 1. The van der Waals surface area contributed by atoms with Gasteiger partial charge in [-0.2, -0.15) is 10.2 Å². The van der Waals surface area contributed by atoms with Crippen LogP contribution in [0.15, 0.2) is 6.07 Å². The van der Waals surface area contributed by atoms with E-state index in [1.54, 1.807) is 0 Å². The van der Waals surface area contributed by atoms with Gasteiger partial charge in [0.05, 0.1) is 11.4 Å². The monoisotopic (exact) mass is 274 g/mol. The van der Waals surface area contributed by atoms with Gasteiger partial charge in [-0.05, 0) is 18.8 Å². The predicted molar refractivity (Wildman–Crippen MR) is 75.6 cm³/mol. The summed E-state index contributed by atoms with van der Waals surface area (Å²) in [6.07, 6.45) is 2.20. The Balaban J connectivity index is 1.75. The van der Waals surface area contributed by atoms with E-state index in [0.29, 0.717) is 23.3 Å². The fourth-order valence-electron chi connectivity index (χ4n) is 2.09. The summed E-state index contributed by atoms with van der Waals surface area (Å²) in [6, 6.07) is 1.81. The van der Waals surface area contributed by atoms with Crippen molar-refractivity contribution in [2.24, 2.45) is 0 Å². The molecule has 1 aliphatic rings. The number of anilines is 2. The van der Waals surface area contributed by atoms with Crippen LogP contribution in [0.4, 0.5) is 11.5 Å². The maximum Gasteiger partial charge on any atom is 0.279 e. The van der Waals surface area contributed by atoms with Gasteiger partial charge in [-0.1, -0.05) is 13.8 Å². The van der Waals surface area contributed by atoms with Gasteiger partial charge in [0, 0.05) is 17.7 Å². The minimum atomic E-state index is -0.340. The van der Waals surface area contributed by atoms with Crippen LogP contribution >= 0.6 is 0 Å². The highest BCUT2D eigenvalue weighted by Crippen LogP contribution is 2.42. The summed E-state index contributed by atoms with van der Waals surface area (Å²) in [5, 5.41) is 16.5. The number of aromatic amines is 2. The second-order valence-corrected chi connectivity index (χ2v) is 5.49. The zero-order valence-corrected chi connectivity index (χ0v) is 11.5. The first kappa shape index (κ1) is 12.7. The van der Waals surface area contributed by atoms with Crippen LogP contribution in [0, 0.1) is 0 Å². The van der Waals surface area contributed by atoms with E-state index in [9.17, 15) is 4.79 Å². The van der Waals surface area contributed by atoms with Gasteiger partial charge >= 0.3 is 0 Å². The number of carbonyl (C=O) groups is 1. The average Bonchev–Trinajstić information content (AvgIpc) is 3.00. The van der Waals surface area contributed by atoms with E-state index in [1.165, 1.54) is 0 Å². The number of hydrogen-bond donors (Lipinski definition) is 4. The largest absolute Gasteiger partial charge is 0.395 e. The van der Waals surface area contributed by atoms with Crippen molar-refractivity contribution in [2.75, 3.05) is 11.1 Å². The second kappa shape index (κ2) is 4.66. The van der Waals surface area contributed by atoms with Gasteiger partial charge in [0.15, 0.2) is 11.5 Å². The van der Waals surface area contributed by atoms with Gasteiger partial charge in [-0.15, -0.1) is 0 Å². The van der Waals surface area contributed by atoms with Crippen LogP contribution in [0.25, 0.3) is 0 Å². The third-order valence-electron chi connectivity index (χ3n) is 3.50. The summed E-state index contributed by atoms with van der Waals surface area (Å²) in [5.41, 5.74) is 8.50. The molecule has 1 amide bonds. The van der Waals surface area contributed by atoms with E-state index in [0.717, 1.165) is 24.2 Å². The van der Waals surface area contributed by atoms with Crippen molar-refractivity contribution in [1.82, 2.24) is 20.4 Å². The van der Waals surface area contributed by atoms with Crippen LogP contribution in [0.3, 0.4) is 0 Å². The van der Waals surface area contributed by atoms with Crippen LogP contribution in [0.1, 0.15) is 60.4 Å². The molecular formula is C13H18N6O. The molecule has 1 aliphatic carbocycles. The van der Waals surface area contributed by atoms with Crippen molar-refractivity contribution in [1.29, 1.82) is 0 Å². The first-order valence-electron chi connectivity index (χ1n) is 6.76. The summed E-state index contributed by atoms with van der Waals surface area (Å²) >= 11 is 0. The lowest BCUT2D eigenvalue weighted by atomic mass is 10.1. The fourth-order valence-corrected chi connectivity index (χ4v) is 2.09. The minimum absolute atomic E-state index is 0.237. The molecule has 0 atom stereocenters. The lowest BCUT2D eigenvalue weighted by Gasteiger charge is -2.00. The molecule has 0 unspecified atom stereocenters. The highest BCUT2D eigenvalue weighted by molar-refractivity contribution is 6.06. The van der Waals surface area contributed by atoms with E-state index in [2.05, 4.69) is 25.7 Å². The molecule has 7 nitrogen and oxygen atoms in total. The van der Waals surface area contributed by atoms with Gasteiger partial charge in [0.25, 0.3) is 5.91 Å². The Morgan fingerprint density at radius 1 is 1.40 bits per heavy atom. The topological polar surface area (TPSA) is 112 Å². The molecular weight excluding hydrogens is 256 g/mol. The molecule has 3 rings (SSSR count). The molecule has 0 bridgehead atoms. The Labute approximate surface area is 116 Å². The lowest BCUT2D eigenvalue weighted by molar-refractivity contribution is 0.102. The first-order valence-corrected chi connectivity index (χ1v) is 6.76. The number of rotatable bonds is 4. The Hall–Kier alpha value is -2.31. The molecule has 0 radical (unpaired) electrons. The molecule has 7 heteroatoms. The Bertz CT molecular complexity index is 637. The molecule has 1 saturated carbocycles. The van der Waals surface area contributed by atoms with Crippen molar-refractivity contribution in [3.05, 3.63) is 23.1 Å². The van der Waals surface area contributed by atoms with Gasteiger partial charge in [-0.25, -0.2) is 0 Å². The third-order valence-corrected chi connectivity index (χ3v) is 3.50. The predicted octanol–water partition coefficient (Wildman–Crippen LogP) is 1.97. The number of nitrogens with two attached hydrogens (primary N) is 1. The molecule has 5 N–H and O–H groups in total. The minimum Gasteiger partial charge on any atom is -0.395 e. The summed E-state index contributed by atoms with van der Waals surface area (Å²) < 4.78 is 0. The number of nitrogen functional groups attached to an aromatic ring is 1. The summed E-state index contributed by atoms with van der Waals surface area (Å²) in [4.78, 5) is 12.1. The molecule has 2 aromatic heterocycles. The molecule has 0 spiro atoms. The van der Waals surface area contributed by atoms with Crippen molar-refractivity contribution in [3.8, 4) is 0 Å². The zero-order chi connectivity index (χ0) is 14.3. The fraction of sp³-hybridized carbons (Fsp3) is 0.462. The maximum absolute atomic E-state index is 12.1. The van der Waals surface area contributed by atoms with Crippen LogP contribution in [0.2, 0.25) is 0 Å². The number of nitrogens with zero attached hydrogens (tertiary/aromatic N) is 2. The Morgan fingerprint density at radius 2 is 2.15 bits per heavy atom. The van der Waals surface area contributed by atoms with Gasteiger partial charge < -0.3 is 11.1 Å². The standard InChI is InChI=1S/C13H18N6O/c1-6(2)8-5-9(17-16-8)15-13(20)12-10(14)11(18-19-12)7-3-4-7/h5-7H,3-4,14H2,1-2H3,(H,18,19)(H2,15,16,17,20). The molecule has 0 aliphatic heterocycles. The molecule has 2 heterocycles. The summed E-state index contributed by atoms with van der Waals surface area (Å²) in [6.45, 7) is 4.10. The smallest absolute Gasteiger partial charge is 0.279 e. The zero-order valence-electron chi connectivity index (χ0n) is 11.5. The Morgan fingerprint density at radius 3 is 2.75 bits per heavy atom. The molecule has 0 aromatic carbocycles. The maximum atomic E-state index is 12.1. The molecule has 1 fully saturated rings. The molecule has 20 heavy (non-hydrogen) atoms. The molecule has 2 aromatic rings. The number of nitrogens with one attached hydrogen (secondary N) is 3. The third kappa shape index (κ3) is 2.26. The van der Waals surface area contributed by atoms with Crippen molar-refractivity contribution >= 4 is 17.4 Å². The van der Waals surface area contributed by atoms with Crippen LogP contribution in [-0.4, -0.2) is 26.3 Å². The van der Waals surface area contributed by atoms with Crippen molar-refractivity contribution in [3.63, 3.8) is 0 Å². The van der Waals surface area contributed by atoms with E-state index in [-0.39, 0.29) is 11.6 Å². The van der Waals surface area contributed by atoms with Gasteiger partial charge in [0.2, 0.25) is 0 Å².